The van der Waals surface area contributed by atoms with Gasteiger partial charge in [-0.3, -0.25) is 14.9 Å². The molecular weight excluding hydrogens is 482 g/mol. The Hall–Kier alpha value is -3.76. The molecule has 3 aliphatic rings. The molecule has 0 saturated carbocycles. The van der Waals surface area contributed by atoms with Crippen LogP contribution < -0.4 is 10.6 Å². The minimum atomic E-state index is 0.378. The van der Waals surface area contributed by atoms with E-state index in [0.29, 0.717) is 29.3 Å². The summed E-state index contributed by atoms with van der Waals surface area (Å²) in [6, 6.07) is 14.0. The molecule has 3 fully saturated rings. The van der Waals surface area contributed by atoms with Crippen molar-refractivity contribution >= 4 is 11.4 Å². The van der Waals surface area contributed by atoms with E-state index in [0.717, 1.165) is 67.2 Å². The van der Waals surface area contributed by atoms with E-state index in [2.05, 4.69) is 72.0 Å². The number of hydrogen-bond donors (Lipinski definition) is 1. The van der Waals surface area contributed by atoms with Gasteiger partial charge in [-0.1, -0.05) is 26.8 Å². The summed E-state index contributed by atoms with van der Waals surface area (Å²) in [5, 5.41) is 9.70. The summed E-state index contributed by atoms with van der Waals surface area (Å²) in [6.45, 7) is 11.5. The van der Waals surface area contributed by atoms with Crippen molar-refractivity contribution in [2.24, 2.45) is 11.7 Å². The normalized spacial score (nSPS) is 19.2. The van der Waals surface area contributed by atoms with Gasteiger partial charge in [-0.15, -0.1) is 0 Å². The summed E-state index contributed by atoms with van der Waals surface area (Å²) in [6.07, 6.45) is 9.56. The van der Waals surface area contributed by atoms with Crippen molar-refractivity contribution in [3.63, 3.8) is 0 Å². The zero-order chi connectivity index (χ0) is 27.5. The van der Waals surface area contributed by atoms with E-state index in [9.17, 15) is 5.26 Å². The van der Waals surface area contributed by atoms with Crippen molar-refractivity contribution < 1.29 is 0 Å². The van der Waals surface area contributed by atoms with Gasteiger partial charge >= 0.3 is 0 Å². The fourth-order valence-corrected chi connectivity index (χ4v) is 5.77. The lowest BCUT2D eigenvalue weighted by Gasteiger charge is -2.56. The van der Waals surface area contributed by atoms with Gasteiger partial charge in [0, 0.05) is 72.8 Å². The number of rotatable bonds is 9. The van der Waals surface area contributed by atoms with Gasteiger partial charge in [0.2, 0.25) is 0 Å². The largest absolute Gasteiger partial charge is 0.403 e. The number of aryl methyl sites for hydroxylation is 3. The third-order valence-electron chi connectivity index (χ3n) is 8.19. The molecule has 3 aliphatic heterocycles. The van der Waals surface area contributed by atoms with E-state index in [1.165, 1.54) is 23.7 Å². The first-order valence-electron chi connectivity index (χ1n) is 14.1. The molecule has 0 radical (unpaired) electrons. The van der Waals surface area contributed by atoms with Gasteiger partial charge in [0.05, 0.1) is 11.3 Å². The molecule has 39 heavy (non-hydrogen) atoms. The van der Waals surface area contributed by atoms with E-state index >= 15 is 0 Å². The summed E-state index contributed by atoms with van der Waals surface area (Å²) in [4.78, 5) is 19.3. The number of nitrogens with zero attached hydrogens (tertiary/aromatic N) is 6. The second-order valence-electron chi connectivity index (χ2n) is 11.3. The van der Waals surface area contributed by atoms with Crippen LogP contribution in [0, 0.1) is 24.2 Å². The van der Waals surface area contributed by atoms with E-state index in [1.54, 1.807) is 0 Å². The van der Waals surface area contributed by atoms with Crippen LogP contribution in [0.2, 0.25) is 0 Å². The van der Waals surface area contributed by atoms with Crippen molar-refractivity contribution in [2.45, 2.75) is 72.0 Å². The predicted molar refractivity (Wildman–Crippen MR) is 157 cm³/mol. The number of piperazine rings is 1. The first kappa shape index (κ1) is 26.8. The van der Waals surface area contributed by atoms with E-state index in [-0.39, 0.29) is 0 Å². The first-order valence-corrected chi connectivity index (χ1v) is 14.1. The Morgan fingerprint density at radius 2 is 1.95 bits per heavy atom. The number of allylic oxidation sites excluding steroid dienone is 1. The van der Waals surface area contributed by atoms with Crippen LogP contribution in [0.5, 0.6) is 0 Å². The lowest BCUT2D eigenvalue weighted by molar-refractivity contribution is -0.00875. The molecular formula is C32H39N7. The van der Waals surface area contributed by atoms with Crippen LogP contribution >= 0.6 is 0 Å². The van der Waals surface area contributed by atoms with E-state index < -0.39 is 0 Å². The average molecular weight is 522 g/mol. The Balaban J connectivity index is 1.32. The van der Waals surface area contributed by atoms with Gasteiger partial charge in [-0.25, -0.2) is 4.98 Å². The average Bonchev–Trinajstić information content (AvgIpc) is 2.96. The van der Waals surface area contributed by atoms with Crippen molar-refractivity contribution in [1.29, 1.82) is 5.26 Å². The van der Waals surface area contributed by atoms with Crippen molar-refractivity contribution in [3.8, 4) is 17.2 Å². The number of nitrogens with two attached hydrogens (primary N) is 1. The van der Waals surface area contributed by atoms with Crippen LogP contribution in [0.3, 0.4) is 0 Å². The molecule has 0 aromatic carbocycles. The summed E-state index contributed by atoms with van der Waals surface area (Å²) < 4.78 is 0. The number of piperidine rings is 1. The van der Waals surface area contributed by atoms with Gasteiger partial charge in [-0.2, -0.15) is 5.26 Å². The quantitative estimate of drug-likeness (QED) is 0.383. The maximum atomic E-state index is 9.70. The molecule has 0 amide bonds. The molecule has 0 spiro atoms. The Labute approximate surface area is 232 Å². The Kier molecular flexibility index (Phi) is 7.94. The van der Waals surface area contributed by atoms with Gasteiger partial charge in [0.15, 0.2) is 0 Å². The topological polar surface area (TPSA) is 95.0 Å². The standard InChI is InChI=1S/C32H39N7/c1-5-27-10-7-23(16-35-27)18-39-28-13-29(39)20-38(19-28)31-11-9-25(17-36-31)30-12-24(8-6-21(2)3)22(4)37-32(30)26(14-33)15-34/h7,9-12,14,16-17,21,28-29H,5-6,8,13,18-20,33H2,1-4H3. The number of aromatic nitrogens is 3. The summed E-state index contributed by atoms with van der Waals surface area (Å²) >= 11 is 0. The SMILES string of the molecule is CCc1ccc(CN2C3CC2CN(c2ccc(-c4cc(CCC(C)C)c(C)nc4C(C#N)=CN)cn2)C3)cn1. The molecule has 7 nitrogen and oxygen atoms in total. The monoisotopic (exact) mass is 521 g/mol. The number of anilines is 1. The lowest BCUT2D eigenvalue weighted by atomic mass is 9.87. The molecule has 7 heteroatoms. The highest BCUT2D eigenvalue weighted by atomic mass is 15.4. The third-order valence-corrected chi connectivity index (χ3v) is 8.19. The zero-order valence-corrected chi connectivity index (χ0v) is 23.6. The molecule has 2 atom stereocenters. The number of pyridine rings is 3. The van der Waals surface area contributed by atoms with Gasteiger partial charge < -0.3 is 10.6 Å². The fourth-order valence-electron chi connectivity index (χ4n) is 5.77. The van der Waals surface area contributed by atoms with Crippen LogP contribution in [0.4, 0.5) is 5.82 Å². The Bertz CT molecular complexity index is 1360. The van der Waals surface area contributed by atoms with Crippen molar-refractivity contribution in [1.82, 2.24) is 19.9 Å². The second kappa shape index (κ2) is 11.5. The maximum absolute atomic E-state index is 9.70. The number of nitriles is 1. The highest BCUT2D eigenvalue weighted by Crippen LogP contribution is 2.36. The van der Waals surface area contributed by atoms with Gasteiger partial charge in [-0.05, 0) is 73.9 Å². The van der Waals surface area contributed by atoms with E-state index in [4.69, 9.17) is 15.7 Å². The maximum Gasteiger partial charge on any atom is 0.128 e. The molecule has 0 aliphatic carbocycles. The summed E-state index contributed by atoms with van der Waals surface area (Å²) in [5.41, 5.74) is 13.3. The highest BCUT2D eigenvalue weighted by Gasteiger charge is 2.44. The van der Waals surface area contributed by atoms with Crippen LogP contribution in [0.25, 0.3) is 16.7 Å². The smallest absolute Gasteiger partial charge is 0.128 e. The third kappa shape index (κ3) is 5.67. The molecule has 6 rings (SSSR count). The first-order chi connectivity index (χ1) is 18.9. The molecule has 6 heterocycles. The zero-order valence-electron chi connectivity index (χ0n) is 23.6. The molecule has 202 valence electrons. The Morgan fingerprint density at radius 3 is 2.54 bits per heavy atom. The van der Waals surface area contributed by atoms with Crippen LogP contribution in [-0.2, 0) is 19.4 Å². The highest BCUT2D eigenvalue weighted by molar-refractivity contribution is 5.85. The summed E-state index contributed by atoms with van der Waals surface area (Å²) in [5.74, 6) is 1.61. The van der Waals surface area contributed by atoms with Gasteiger partial charge in [0.1, 0.15) is 11.9 Å². The summed E-state index contributed by atoms with van der Waals surface area (Å²) in [7, 11) is 0. The minimum Gasteiger partial charge on any atom is -0.403 e. The molecule has 3 saturated heterocycles. The Morgan fingerprint density at radius 1 is 1.15 bits per heavy atom. The molecule has 2 bridgehead atoms. The molecule has 2 N–H and O–H groups in total. The van der Waals surface area contributed by atoms with Crippen LogP contribution in [0.15, 0.2) is 48.9 Å². The van der Waals surface area contributed by atoms with Crippen molar-refractivity contribution in [3.05, 3.63) is 77.1 Å². The molecule has 3 aromatic heterocycles. The van der Waals surface area contributed by atoms with E-state index in [1.807, 2.05) is 19.3 Å². The second-order valence-corrected chi connectivity index (χ2v) is 11.3. The van der Waals surface area contributed by atoms with Crippen LogP contribution in [0.1, 0.15) is 61.8 Å². The molecule has 2 unspecified atom stereocenters. The lowest BCUT2D eigenvalue weighted by Crippen LogP contribution is -2.68. The van der Waals surface area contributed by atoms with Crippen LogP contribution in [-0.4, -0.2) is 45.0 Å². The van der Waals surface area contributed by atoms with Crippen molar-refractivity contribution in [2.75, 3.05) is 18.0 Å². The molecule has 3 aromatic rings. The number of fused-ring (bicyclic) bond motifs is 2. The predicted octanol–water partition coefficient (Wildman–Crippen LogP) is 5.28. The van der Waals surface area contributed by atoms with Gasteiger partial charge in [0.25, 0.3) is 0 Å². The number of hydrogen-bond acceptors (Lipinski definition) is 7. The fraction of sp³-hybridized carbons (Fsp3) is 0.438. The minimum absolute atomic E-state index is 0.378.